The zero-order chi connectivity index (χ0) is 15.7. The third kappa shape index (κ3) is 2.46. The third-order valence-corrected chi connectivity index (χ3v) is 3.27. The first-order chi connectivity index (χ1) is 10.6. The number of aryl methyl sites for hydroxylation is 1. The van der Waals surface area contributed by atoms with Crippen LogP contribution < -0.4 is 4.74 Å². The molecule has 2 aromatic carbocycles. The van der Waals surface area contributed by atoms with Gasteiger partial charge in [-0.1, -0.05) is 6.07 Å². The summed E-state index contributed by atoms with van der Waals surface area (Å²) in [5.41, 5.74) is 0.785. The molecule has 0 saturated heterocycles. The molecule has 110 valence electrons. The Balaban J connectivity index is 2.12. The van der Waals surface area contributed by atoms with Gasteiger partial charge in [-0.2, -0.15) is 0 Å². The Morgan fingerprint density at radius 2 is 2.05 bits per heavy atom. The number of hydrogen-bond donors (Lipinski definition) is 0. The molecule has 1 heterocycles. The number of benzene rings is 2. The molecule has 6 heteroatoms. The van der Waals surface area contributed by atoms with Crippen molar-refractivity contribution in [1.29, 1.82) is 0 Å². The van der Waals surface area contributed by atoms with Crippen molar-refractivity contribution in [2.45, 2.75) is 6.92 Å². The molecular formula is C16H11FN2O3. The van der Waals surface area contributed by atoms with Gasteiger partial charge >= 0.3 is 5.69 Å². The van der Waals surface area contributed by atoms with E-state index >= 15 is 0 Å². The summed E-state index contributed by atoms with van der Waals surface area (Å²) >= 11 is 0. The van der Waals surface area contributed by atoms with Crippen LogP contribution in [0.4, 0.5) is 10.1 Å². The number of aromatic nitrogens is 1. The van der Waals surface area contributed by atoms with Gasteiger partial charge < -0.3 is 4.74 Å². The van der Waals surface area contributed by atoms with E-state index in [1.807, 2.05) is 0 Å². The van der Waals surface area contributed by atoms with Gasteiger partial charge in [-0.3, -0.25) is 15.1 Å². The van der Waals surface area contributed by atoms with Crippen LogP contribution in [0.5, 0.6) is 11.5 Å². The second-order valence-corrected chi connectivity index (χ2v) is 4.75. The van der Waals surface area contributed by atoms with Crippen molar-refractivity contribution in [3.63, 3.8) is 0 Å². The van der Waals surface area contributed by atoms with Crippen LogP contribution in [0.1, 0.15) is 5.56 Å². The maximum absolute atomic E-state index is 13.6. The molecule has 0 atom stereocenters. The molecule has 5 nitrogen and oxygen atoms in total. The van der Waals surface area contributed by atoms with Crippen LogP contribution in [0.25, 0.3) is 10.9 Å². The van der Waals surface area contributed by atoms with Gasteiger partial charge in [-0.15, -0.1) is 0 Å². The standard InChI is InChI=1S/C16H11FN2O3/c1-10-4-5-11(9-13(10)17)22-15-7-6-14-12(3-2-8-18-14)16(15)19(20)21/h2-9H,1H3. The van der Waals surface area contributed by atoms with Crippen LogP contribution >= 0.6 is 0 Å². The first kappa shape index (κ1) is 13.9. The van der Waals surface area contributed by atoms with Gasteiger partial charge in [-0.25, -0.2) is 4.39 Å². The minimum atomic E-state index is -0.524. The number of hydrogen-bond acceptors (Lipinski definition) is 4. The molecule has 0 unspecified atom stereocenters. The van der Waals surface area contributed by atoms with Gasteiger partial charge in [0.2, 0.25) is 5.75 Å². The topological polar surface area (TPSA) is 65.3 Å². The van der Waals surface area contributed by atoms with Crippen molar-refractivity contribution >= 4 is 16.6 Å². The van der Waals surface area contributed by atoms with Gasteiger partial charge in [0, 0.05) is 12.3 Å². The van der Waals surface area contributed by atoms with E-state index in [9.17, 15) is 14.5 Å². The van der Waals surface area contributed by atoms with Gasteiger partial charge in [0.05, 0.1) is 15.8 Å². The van der Waals surface area contributed by atoms with Crippen LogP contribution in [-0.4, -0.2) is 9.91 Å². The highest BCUT2D eigenvalue weighted by molar-refractivity contribution is 5.90. The largest absolute Gasteiger partial charge is 0.450 e. The fourth-order valence-electron chi connectivity index (χ4n) is 2.15. The summed E-state index contributed by atoms with van der Waals surface area (Å²) < 4.78 is 19.1. The van der Waals surface area contributed by atoms with Crippen molar-refractivity contribution in [2.24, 2.45) is 0 Å². The molecule has 3 rings (SSSR count). The SMILES string of the molecule is Cc1ccc(Oc2ccc3ncccc3c2[N+](=O)[O-])cc1F. The maximum Gasteiger partial charge on any atom is 0.320 e. The molecule has 0 fully saturated rings. The minimum Gasteiger partial charge on any atom is -0.450 e. The van der Waals surface area contributed by atoms with Crippen LogP contribution in [0.3, 0.4) is 0 Å². The maximum atomic E-state index is 13.6. The molecule has 0 radical (unpaired) electrons. The van der Waals surface area contributed by atoms with Crippen LogP contribution in [0, 0.1) is 22.9 Å². The highest BCUT2D eigenvalue weighted by Crippen LogP contribution is 2.37. The number of ether oxygens (including phenoxy) is 1. The van der Waals surface area contributed by atoms with Crippen LogP contribution in [0.2, 0.25) is 0 Å². The van der Waals surface area contributed by atoms with Crippen molar-refractivity contribution in [2.75, 3.05) is 0 Å². The van der Waals surface area contributed by atoms with Gasteiger partial charge in [0.1, 0.15) is 11.6 Å². The molecule has 0 aliphatic rings. The van der Waals surface area contributed by atoms with Crippen molar-refractivity contribution < 1.29 is 14.1 Å². The summed E-state index contributed by atoms with van der Waals surface area (Å²) in [5.74, 6) is -0.175. The zero-order valence-corrected chi connectivity index (χ0v) is 11.6. The number of nitrogens with zero attached hydrogens (tertiary/aromatic N) is 2. The second kappa shape index (κ2) is 5.40. The van der Waals surface area contributed by atoms with E-state index in [-0.39, 0.29) is 17.2 Å². The first-order valence-electron chi connectivity index (χ1n) is 6.52. The van der Waals surface area contributed by atoms with E-state index in [1.165, 1.54) is 12.1 Å². The summed E-state index contributed by atoms with van der Waals surface area (Å²) in [7, 11) is 0. The number of nitro benzene ring substituents is 1. The number of nitro groups is 1. The van der Waals surface area contributed by atoms with Gasteiger partial charge in [0.15, 0.2) is 0 Å². The molecule has 0 aliphatic carbocycles. The summed E-state index contributed by atoms with van der Waals surface area (Å²) in [6, 6.07) is 10.6. The first-order valence-corrected chi connectivity index (χ1v) is 6.52. The van der Waals surface area contributed by atoms with Crippen molar-refractivity contribution in [3.8, 4) is 11.5 Å². The van der Waals surface area contributed by atoms with Crippen LogP contribution in [0.15, 0.2) is 48.7 Å². The van der Waals surface area contributed by atoms with E-state index in [1.54, 1.807) is 43.5 Å². The number of fused-ring (bicyclic) bond motifs is 1. The molecule has 0 N–H and O–H groups in total. The van der Waals surface area contributed by atoms with E-state index in [0.29, 0.717) is 16.5 Å². The molecule has 1 aromatic heterocycles. The molecule has 3 aromatic rings. The average Bonchev–Trinajstić information content (AvgIpc) is 2.50. The fraction of sp³-hybridized carbons (Fsp3) is 0.0625. The molecule has 0 bridgehead atoms. The predicted octanol–water partition coefficient (Wildman–Crippen LogP) is 4.38. The Labute approximate surface area is 125 Å². The average molecular weight is 298 g/mol. The lowest BCUT2D eigenvalue weighted by molar-refractivity contribution is -0.383. The Bertz CT molecular complexity index is 880. The molecule has 22 heavy (non-hydrogen) atoms. The number of halogens is 1. The van der Waals surface area contributed by atoms with E-state index in [2.05, 4.69) is 4.98 Å². The lowest BCUT2D eigenvalue weighted by Gasteiger charge is -2.08. The number of pyridine rings is 1. The van der Waals surface area contributed by atoms with E-state index in [0.717, 1.165) is 0 Å². The minimum absolute atomic E-state index is 0.0498. The molecular weight excluding hydrogens is 287 g/mol. The van der Waals surface area contributed by atoms with Gasteiger partial charge in [0.25, 0.3) is 0 Å². The van der Waals surface area contributed by atoms with Crippen LogP contribution in [-0.2, 0) is 0 Å². The molecule has 0 spiro atoms. The Kier molecular flexibility index (Phi) is 3.42. The predicted molar refractivity (Wildman–Crippen MR) is 79.6 cm³/mol. The quantitative estimate of drug-likeness (QED) is 0.531. The van der Waals surface area contributed by atoms with E-state index < -0.39 is 10.7 Å². The fourth-order valence-corrected chi connectivity index (χ4v) is 2.15. The highest BCUT2D eigenvalue weighted by Gasteiger charge is 2.21. The molecule has 0 amide bonds. The Morgan fingerprint density at radius 1 is 1.23 bits per heavy atom. The number of rotatable bonds is 3. The summed E-state index contributed by atoms with van der Waals surface area (Å²) in [5, 5.41) is 11.7. The molecule has 0 saturated carbocycles. The second-order valence-electron chi connectivity index (χ2n) is 4.75. The molecule has 0 aliphatic heterocycles. The van der Waals surface area contributed by atoms with E-state index in [4.69, 9.17) is 4.74 Å². The lowest BCUT2D eigenvalue weighted by atomic mass is 10.1. The van der Waals surface area contributed by atoms with Crippen molar-refractivity contribution in [1.82, 2.24) is 4.98 Å². The third-order valence-electron chi connectivity index (χ3n) is 3.27. The zero-order valence-electron chi connectivity index (χ0n) is 11.6. The summed E-state index contributed by atoms with van der Waals surface area (Å²) in [6.07, 6.45) is 1.56. The smallest absolute Gasteiger partial charge is 0.320 e. The Morgan fingerprint density at radius 3 is 2.77 bits per heavy atom. The lowest BCUT2D eigenvalue weighted by Crippen LogP contribution is -1.96. The summed E-state index contributed by atoms with van der Waals surface area (Å²) in [6.45, 7) is 1.63. The monoisotopic (exact) mass is 298 g/mol. The van der Waals surface area contributed by atoms with Gasteiger partial charge in [-0.05, 0) is 42.8 Å². The van der Waals surface area contributed by atoms with Crippen molar-refractivity contribution in [3.05, 3.63) is 70.2 Å². The highest BCUT2D eigenvalue weighted by atomic mass is 19.1. The Hall–Kier alpha value is -3.02. The summed E-state index contributed by atoms with van der Waals surface area (Å²) in [4.78, 5) is 14.9. The normalized spacial score (nSPS) is 10.6.